The number of nitrogens with zero attached hydrogens (tertiary/aromatic N) is 2. The number of hydrogen-bond donors (Lipinski definition) is 2. The Morgan fingerprint density at radius 1 is 1.20 bits per heavy atom. The van der Waals surface area contributed by atoms with Gasteiger partial charge in [-0.15, -0.1) is 24.0 Å². The van der Waals surface area contributed by atoms with Gasteiger partial charge in [0.25, 0.3) is 0 Å². The summed E-state index contributed by atoms with van der Waals surface area (Å²) in [5.41, 5.74) is 0.451. The van der Waals surface area contributed by atoms with Gasteiger partial charge in [0, 0.05) is 32.2 Å². The molecular weight excluding hydrogens is 427 g/mol. The Balaban J connectivity index is 0.00000225. The van der Waals surface area contributed by atoms with E-state index in [4.69, 9.17) is 9.73 Å². The molecule has 5 nitrogen and oxygen atoms in total. The van der Waals surface area contributed by atoms with Crippen molar-refractivity contribution >= 4 is 29.9 Å². The molecule has 0 aromatic heterocycles. The van der Waals surface area contributed by atoms with Crippen molar-refractivity contribution in [2.24, 2.45) is 10.4 Å². The van der Waals surface area contributed by atoms with Crippen LogP contribution in [-0.2, 0) is 4.74 Å². The van der Waals surface area contributed by atoms with E-state index in [0.717, 1.165) is 38.7 Å². The van der Waals surface area contributed by atoms with E-state index in [-0.39, 0.29) is 30.1 Å². The highest BCUT2D eigenvalue weighted by Gasteiger charge is 2.33. The fourth-order valence-corrected chi connectivity index (χ4v) is 4.56. The lowest BCUT2D eigenvalue weighted by molar-refractivity contribution is -0.0453. The van der Waals surface area contributed by atoms with Crippen molar-refractivity contribution in [3.63, 3.8) is 0 Å². The van der Waals surface area contributed by atoms with E-state index >= 15 is 0 Å². The van der Waals surface area contributed by atoms with Crippen LogP contribution in [0.4, 0.5) is 0 Å². The second-order valence-corrected chi connectivity index (χ2v) is 7.88. The third-order valence-electron chi connectivity index (χ3n) is 6.29. The van der Waals surface area contributed by atoms with E-state index in [1.807, 2.05) is 0 Å². The molecule has 0 spiro atoms. The molecule has 0 bridgehead atoms. The molecule has 0 amide bonds. The van der Waals surface area contributed by atoms with Crippen LogP contribution in [0.15, 0.2) is 4.99 Å². The first kappa shape index (κ1) is 21.2. The number of rotatable bonds is 6. The van der Waals surface area contributed by atoms with Gasteiger partial charge < -0.3 is 15.4 Å². The Morgan fingerprint density at radius 3 is 2.72 bits per heavy atom. The lowest BCUT2D eigenvalue weighted by atomic mass is 9.84. The number of fused-ring (bicyclic) bond motifs is 1. The molecular formula is C19H37IN4O. The van der Waals surface area contributed by atoms with Gasteiger partial charge in [-0.25, -0.2) is 0 Å². The average Bonchev–Trinajstić information content (AvgIpc) is 3.26. The maximum atomic E-state index is 6.05. The third kappa shape index (κ3) is 5.70. The van der Waals surface area contributed by atoms with Gasteiger partial charge >= 0.3 is 0 Å². The summed E-state index contributed by atoms with van der Waals surface area (Å²) in [7, 11) is 0. The van der Waals surface area contributed by atoms with E-state index in [2.05, 4.69) is 29.4 Å². The first-order chi connectivity index (χ1) is 11.7. The van der Waals surface area contributed by atoms with Crippen LogP contribution in [0, 0.1) is 5.41 Å². The molecule has 146 valence electrons. The number of morpholine rings is 1. The van der Waals surface area contributed by atoms with Crippen LogP contribution in [0.3, 0.4) is 0 Å². The summed E-state index contributed by atoms with van der Waals surface area (Å²) < 4.78 is 6.05. The highest BCUT2D eigenvalue weighted by atomic mass is 127. The van der Waals surface area contributed by atoms with Gasteiger partial charge in [-0.2, -0.15) is 0 Å². The first-order valence-electron chi connectivity index (χ1n) is 10.1. The van der Waals surface area contributed by atoms with Gasteiger partial charge in [0.1, 0.15) is 0 Å². The summed E-state index contributed by atoms with van der Waals surface area (Å²) >= 11 is 0. The molecule has 2 aliphatic heterocycles. The van der Waals surface area contributed by atoms with E-state index in [1.165, 1.54) is 51.5 Å². The minimum Gasteiger partial charge on any atom is -0.373 e. The first-order valence-corrected chi connectivity index (χ1v) is 10.1. The summed E-state index contributed by atoms with van der Waals surface area (Å²) in [4.78, 5) is 7.52. The van der Waals surface area contributed by atoms with Crippen molar-refractivity contribution in [1.82, 2.24) is 15.5 Å². The fourth-order valence-electron chi connectivity index (χ4n) is 4.56. The Hall–Kier alpha value is -0.0800. The lowest BCUT2D eigenvalue weighted by Gasteiger charge is -2.35. The van der Waals surface area contributed by atoms with Gasteiger partial charge in [0.05, 0.1) is 12.7 Å². The Labute approximate surface area is 170 Å². The van der Waals surface area contributed by atoms with Crippen LogP contribution in [0.2, 0.25) is 0 Å². The normalized spacial score (nSPS) is 29.1. The molecule has 1 saturated carbocycles. The number of hydrogen-bond acceptors (Lipinski definition) is 3. The molecule has 1 aliphatic carbocycles. The van der Waals surface area contributed by atoms with Crippen molar-refractivity contribution < 1.29 is 4.74 Å². The van der Waals surface area contributed by atoms with E-state index in [0.29, 0.717) is 11.5 Å². The number of halogens is 1. The Bertz CT molecular complexity index is 426. The molecule has 2 unspecified atom stereocenters. The number of nitrogens with one attached hydrogen (secondary N) is 2. The second kappa shape index (κ2) is 10.3. The third-order valence-corrected chi connectivity index (χ3v) is 6.29. The zero-order chi connectivity index (χ0) is 16.8. The van der Waals surface area contributed by atoms with E-state index in [9.17, 15) is 0 Å². The number of ether oxygens (including phenoxy) is 1. The topological polar surface area (TPSA) is 48.9 Å². The van der Waals surface area contributed by atoms with Crippen LogP contribution in [-0.4, -0.2) is 62.3 Å². The smallest absolute Gasteiger partial charge is 0.191 e. The average molecular weight is 464 g/mol. The van der Waals surface area contributed by atoms with E-state index in [1.54, 1.807) is 0 Å². The van der Waals surface area contributed by atoms with Gasteiger partial charge in [-0.1, -0.05) is 19.8 Å². The standard InChI is InChI=1S/C19H36N4O.HI/c1-3-19(9-5-6-10-19)15-22-18(20-4-2)21-12-17-13-23-11-7-8-16(23)14-24-17;/h16-17H,3-15H2,1-2H3,(H2,20,21,22);1H. The van der Waals surface area contributed by atoms with Crippen molar-refractivity contribution in [2.75, 3.05) is 39.3 Å². The van der Waals surface area contributed by atoms with Crippen molar-refractivity contribution in [2.45, 2.75) is 70.9 Å². The van der Waals surface area contributed by atoms with Crippen LogP contribution in [0.25, 0.3) is 0 Å². The van der Waals surface area contributed by atoms with Crippen molar-refractivity contribution in [3.05, 3.63) is 0 Å². The van der Waals surface area contributed by atoms with Gasteiger partial charge in [-0.05, 0) is 51.0 Å². The molecule has 2 atom stereocenters. The van der Waals surface area contributed by atoms with Crippen molar-refractivity contribution in [3.8, 4) is 0 Å². The Morgan fingerprint density at radius 2 is 2.00 bits per heavy atom. The zero-order valence-electron chi connectivity index (χ0n) is 16.1. The maximum absolute atomic E-state index is 6.05. The van der Waals surface area contributed by atoms with Gasteiger partial charge in [0.15, 0.2) is 5.96 Å². The number of aliphatic imine (C=N–C) groups is 1. The van der Waals surface area contributed by atoms with Crippen molar-refractivity contribution in [1.29, 1.82) is 0 Å². The van der Waals surface area contributed by atoms with Crippen LogP contribution in [0.1, 0.15) is 58.8 Å². The predicted octanol–water partition coefficient (Wildman–Crippen LogP) is 2.99. The van der Waals surface area contributed by atoms with Gasteiger partial charge in [0.2, 0.25) is 0 Å². The molecule has 3 aliphatic rings. The fraction of sp³-hybridized carbons (Fsp3) is 0.947. The Kier molecular flexibility index (Phi) is 8.75. The van der Waals surface area contributed by atoms with Crippen LogP contribution < -0.4 is 10.6 Å². The summed E-state index contributed by atoms with van der Waals surface area (Å²) in [6.45, 7) is 10.4. The molecule has 0 radical (unpaired) electrons. The zero-order valence-corrected chi connectivity index (χ0v) is 18.4. The summed E-state index contributed by atoms with van der Waals surface area (Å²) in [5, 5.41) is 6.93. The second-order valence-electron chi connectivity index (χ2n) is 7.88. The number of guanidine groups is 1. The van der Waals surface area contributed by atoms with Crippen LogP contribution in [0.5, 0.6) is 0 Å². The SMILES string of the molecule is CCNC(=NCC1(CC)CCCC1)NCC1CN2CCCC2CO1.I. The molecule has 6 heteroatoms. The molecule has 3 fully saturated rings. The molecule has 2 saturated heterocycles. The highest BCUT2D eigenvalue weighted by molar-refractivity contribution is 14.0. The minimum absolute atomic E-state index is 0. The highest BCUT2D eigenvalue weighted by Crippen LogP contribution is 2.41. The van der Waals surface area contributed by atoms with Crippen LogP contribution >= 0.6 is 24.0 Å². The largest absolute Gasteiger partial charge is 0.373 e. The molecule has 2 heterocycles. The molecule has 25 heavy (non-hydrogen) atoms. The van der Waals surface area contributed by atoms with Gasteiger partial charge in [-0.3, -0.25) is 9.89 Å². The maximum Gasteiger partial charge on any atom is 0.191 e. The summed E-state index contributed by atoms with van der Waals surface area (Å²) in [6.07, 6.45) is 9.61. The van der Waals surface area contributed by atoms with E-state index < -0.39 is 0 Å². The quantitative estimate of drug-likeness (QED) is 0.361. The summed E-state index contributed by atoms with van der Waals surface area (Å²) in [5.74, 6) is 0.962. The summed E-state index contributed by atoms with van der Waals surface area (Å²) in [6, 6.07) is 0.676. The molecule has 3 rings (SSSR count). The lowest BCUT2D eigenvalue weighted by Crippen LogP contribution is -2.51. The molecule has 0 aromatic carbocycles. The minimum atomic E-state index is 0. The monoisotopic (exact) mass is 464 g/mol. The predicted molar refractivity (Wildman–Crippen MR) is 115 cm³/mol. The molecule has 0 aromatic rings. The molecule has 2 N–H and O–H groups in total.